The van der Waals surface area contributed by atoms with Crippen LogP contribution in [-0.4, -0.2) is 17.0 Å². The van der Waals surface area contributed by atoms with E-state index in [0.717, 1.165) is 12.8 Å². The topological polar surface area (TPSA) is 51.1 Å². The van der Waals surface area contributed by atoms with E-state index in [1.807, 2.05) is 0 Å². The normalized spacial score (nSPS) is 10.6. The van der Waals surface area contributed by atoms with E-state index in [1.54, 1.807) is 19.3 Å². The molecule has 0 aliphatic rings. The van der Waals surface area contributed by atoms with Crippen molar-refractivity contribution in [2.75, 3.05) is 6.54 Å². The van der Waals surface area contributed by atoms with Crippen LogP contribution in [0.3, 0.4) is 0 Å². The molecule has 4 heteroatoms. The Balaban J connectivity index is 2.11. The van der Waals surface area contributed by atoms with Gasteiger partial charge in [-0.05, 0) is 12.5 Å². The highest BCUT2D eigenvalue weighted by Gasteiger charge is 2.05. The monoisotopic (exact) mass is 292 g/mol. The molecule has 0 spiro atoms. The van der Waals surface area contributed by atoms with Gasteiger partial charge in [0.15, 0.2) is 0 Å². The number of amides is 1. The molecule has 1 N–H and O–H groups in total. The van der Waals surface area contributed by atoms with Crippen molar-refractivity contribution < 1.29 is 4.79 Å². The van der Waals surface area contributed by atoms with E-state index in [0.29, 0.717) is 12.1 Å². The first-order chi connectivity index (χ1) is 10.1. The van der Waals surface area contributed by atoms with E-state index in [1.165, 1.54) is 49.2 Å². The lowest BCUT2D eigenvalue weighted by Crippen LogP contribution is -2.26. The maximum Gasteiger partial charge on any atom is 0.251 e. The summed E-state index contributed by atoms with van der Waals surface area (Å²) in [6.45, 7) is 2.91. The fourth-order valence-electron chi connectivity index (χ4n) is 2.25. The second kappa shape index (κ2) is 10.2. The van der Waals surface area contributed by atoms with Crippen LogP contribution in [0.25, 0.3) is 0 Å². The van der Waals surface area contributed by atoms with Crippen LogP contribution >= 0.6 is 0 Å². The summed E-state index contributed by atoms with van der Waals surface area (Å²) in [6.07, 6.45) is 11.6. The largest absolute Gasteiger partial charge is 0.352 e. The smallest absolute Gasteiger partial charge is 0.251 e. The van der Waals surface area contributed by atoms with Crippen molar-refractivity contribution in [3.8, 4) is 0 Å². The van der Waals surface area contributed by atoms with Gasteiger partial charge in [0.05, 0.1) is 0 Å². The van der Waals surface area contributed by atoms with Crippen LogP contribution in [0.5, 0.6) is 0 Å². The number of hydrogen-bond donors (Lipinski definition) is 1. The molecule has 0 aliphatic carbocycles. The number of aromatic nitrogens is 1. The molecule has 1 amide bonds. The van der Waals surface area contributed by atoms with Gasteiger partial charge in [-0.15, -0.1) is 0 Å². The third kappa shape index (κ3) is 7.11. The van der Waals surface area contributed by atoms with Crippen LogP contribution in [0.4, 0.5) is 0 Å². The minimum atomic E-state index is -0.158. The van der Waals surface area contributed by atoms with Gasteiger partial charge >= 0.3 is 0 Å². The Labute approximate surface area is 127 Å². The first-order valence-corrected chi connectivity index (χ1v) is 8.10. The maximum absolute atomic E-state index is 11.9. The number of hydrogen-bond acceptors (Lipinski definition) is 2. The van der Waals surface area contributed by atoms with Gasteiger partial charge in [0.2, 0.25) is 0 Å². The van der Waals surface area contributed by atoms with Gasteiger partial charge in [0.25, 0.3) is 11.5 Å². The van der Waals surface area contributed by atoms with Crippen molar-refractivity contribution >= 4 is 5.91 Å². The highest BCUT2D eigenvalue weighted by molar-refractivity contribution is 5.93. The zero-order chi connectivity index (χ0) is 15.5. The van der Waals surface area contributed by atoms with E-state index in [-0.39, 0.29) is 11.5 Å². The lowest BCUT2D eigenvalue weighted by atomic mass is 10.1. The predicted molar refractivity (Wildman–Crippen MR) is 86.6 cm³/mol. The van der Waals surface area contributed by atoms with E-state index >= 15 is 0 Å². The average Bonchev–Trinajstić information content (AvgIpc) is 2.48. The van der Waals surface area contributed by atoms with Gasteiger partial charge < -0.3 is 9.88 Å². The highest BCUT2D eigenvalue weighted by atomic mass is 16.2. The molecule has 0 radical (unpaired) electrons. The van der Waals surface area contributed by atoms with E-state index in [4.69, 9.17) is 0 Å². The summed E-state index contributed by atoms with van der Waals surface area (Å²) in [7, 11) is 1.67. The molecule has 1 aromatic rings. The molecule has 21 heavy (non-hydrogen) atoms. The molecule has 0 aliphatic heterocycles. The molecule has 1 heterocycles. The molecule has 0 fully saturated rings. The number of pyridine rings is 1. The molecular formula is C17H28N2O2. The number of carbonyl (C=O) groups excluding carboxylic acids is 1. The van der Waals surface area contributed by atoms with Crippen LogP contribution in [0.15, 0.2) is 23.1 Å². The molecule has 1 rings (SSSR count). The fourth-order valence-corrected chi connectivity index (χ4v) is 2.25. The first kappa shape index (κ1) is 17.5. The average molecular weight is 292 g/mol. The summed E-state index contributed by atoms with van der Waals surface area (Å²) in [6, 6.07) is 3.05. The number of carbonyl (C=O) groups is 1. The van der Waals surface area contributed by atoms with E-state index in [9.17, 15) is 9.59 Å². The highest BCUT2D eigenvalue weighted by Crippen LogP contribution is 2.07. The third-order valence-electron chi connectivity index (χ3n) is 3.68. The van der Waals surface area contributed by atoms with E-state index < -0.39 is 0 Å². The van der Waals surface area contributed by atoms with Gasteiger partial charge in [0, 0.05) is 31.4 Å². The summed E-state index contributed by atoms with van der Waals surface area (Å²) >= 11 is 0. The molecule has 0 atom stereocenters. The van der Waals surface area contributed by atoms with Crippen LogP contribution < -0.4 is 10.9 Å². The van der Waals surface area contributed by atoms with Crippen molar-refractivity contribution in [3.63, 3.8) is 0 Å². The summed E-state index contributed by atoms with van der Waals surface area (Å²) < 4.78 is 1.45. The number of aryl methyl sites for hydroxylation is 1. The second-order valence-electron chi connectivity index (χ2n) is 5.60. The Kier molecular flexibility index (Phi) is 8.48. The van der Waals surface area contributed by atoms with E-state index in [2.05, 4.69) is 12.2 Å². The summed E-state index contributed by atoms with van der Waals surface area (Å²) in [5.74, 6) is -0.157. The SMILES string of the molecule is CCCCCCCCCCNC(=O)c1ccn(C)c(=O)c1. The third-order valence-corrected chi connectivity index (χ3v) is 3.68. The number of nitrogens with one attached hydrogen (secondary N) is 1. The molecule has 4 nitrogen and oxygen atoms in total. The van der Waals surface area contributed by atoms with Crippen LogP contribution in [0.1, 0.15) is 68.6 Å². The molecule has 0 unspecified atom stereocenters. The summed E-state index contributed by atoms with van der Waals surface area (Å²) in [5, 5.41) is 2.87. The van der Waals surface area contributed by atoms with Crippen molar-refractivity contribution in [3.05, 3.63) is 34.2 Å². The molecular weight excluding hydrogens is 264 g/mol. The maximum atomic E-state index is 11.9. The van der Waals surface area contributed by atoms with Crippen LogP contribution in [-0.2, 0) is 7.05 Å². The van der Waals surface area contributed by atoms with Crippen molar-refractivity contribution in [2.45, 2.75) is 58.3 Å². The minimum absolute atomic E-state index is 0.157. The van der Waals surface area contributed by atoms with Gasteiger partial charge in [-0.2, -0.15) is 0 Å². The standard InChI is InChI=1S/C17H28N2O2/c1-3-4-5-6-7-8-9-10-12-18-17(21)15-11-13-19(2)16(20)14-15/h11,13-14H,3-10,12H2,1-2H3,(H,18,21). The zero-order valence-electron chi connectivity index (χ0n) is 13.4. The van der Waals surface area contributed by atoms with Gasteiger partial charge in [-0.1, -0.05) is 51.9 Å². The summed E-state index contributed by atoms with van der Waals surface area (Å²) in [5.41, 5.74) is 0.285. The Bertz CT molecular complexity index is 480. The molecule has 0 saturated carbocycles. The van der Waals surface area contributed by atoms with Crippen molar-refractivity contribution in [1.29, 1.82) is 0 Å². The molecule has 0 bridgehead atoms. The minimum Gasteiger partial charge on any atom is -0.352 e. The second-order valence-corrected chi connectivity index (χ2v) is 5.60. The summed E-state index contributed by atoms with van der Waals surface area (Å²) in [4.78, 5) is 23.3. The quantitative estimate of drug-likeness (QED) is 0.673. The molecule has 0 aromatic carbocycles. The Morgan fingerprint density at radius 2 is 1.71 bits per heavy atom. The molecule has 118 valence electrons. The first-order valence-electron chi connectivity index (χ1n) is 8.10. The Morgan fingerprint density at radius 1 is 1.10 bits per heavy atom. The fraction of sp³-hybridized carbons (Fsp3) is 0.647. The zero-order valence-corrected chi connectivity index (χ0v) is 13.4. The number of unbranched alkanes of at least 4 members (excludes halogenated alkanes) is 7. The molecule has 0 saturated heterocycles. The van der Waals surface area contributed by atoms with Gasteiger partial charge in [-0.3, -0.25) is 9.59 Å². The lowest BCUT2D eigenvalue weighted by Gasteiger charge is -2.06. The van der Waals surface area contributed by atoms with Crippen LogP contribution in [0, 0.1) is 0 Å². The van der Waals surface area contributed by atoms with Gasteiger partial charge in [0.1, 0.15) is 0 Å². The Hall–Kier alpha value is -1.58. The van der Waals surface area contributed by atoms with Gasteiger partial charge in [-0.25, -0.2) is 0 Å². The van der Waals surface area contributed by atoms with Crippen molar-refractivity contribution in [1.82, 2.24) is 9.88 Å². The number of nitrogens with zero attached hydrogens (tertiary/aromatic N) is 1. The lowest BCUT2D eigenvalue weighted by molar-refractivity contribution is 0.0952. The van der Waals surface area contributed by atoms with Crippen molar-refractivity contribution in [2.24, 2.45) is 7.05 Å². The molecule has 1 aromatic heterocycles. The Morgan fingerprint density at radius 3 is 2.33 bits per heavy atom. The predicted octanol–water partition coefficient (Wildman–Crippen LogP) is 3.26. The van der Waals surface area contributed by atoms with Crippen LogP contribution in [0.2, 0.25) is 0 Å². The number of rotatable bonds is 10.